The molecule has 0 amide bonds. The summed E-state index contributed by atoms with van der Waals surface area (Å²) in [6.07, 6.45) is 2.25. The summed E-state index contributed by atoms with van der Waals surface area (Å²) in [6, 6.07) is 17.4. The molecular formula is C32H28N6O7. The highest BCUT2D eigenvalue weighted by molar-refractivity contribution is 5.87. The van der Waals surface area contributed by atoms with Crippen LogP contribution in [-0.4, -0.2) is 37.3 Å². The van der Waals surface area contributed by atoms with Gasteiger partial charge >= 0.3 is 5.69 Å². The summed E-state index contributed by atoms with van der Waals surface area (Å²) in [7, 11) is 0. The molecule has 13 heteroatoms. The number of benzene rings is 3. The van der Waals surface area contributed by atoms with Crippen molar-refractivity contribution in [1.29, 1.82) is 0 Å². The Kier molecular flexibility index (Phi) is 8.61. The number of pyridine rings is 1. The normalized spacial score (nSPS) is 11.3. The molecule has 0 bridgehead atoms. The zero-order valence-corrected chi connectivity index (χ0v) is 24.8. The molecule has 0 aliphatic heterocycles. The molecule has 0 N–H and O–H groups in total. The summed E-state index contributed by atoms with van der Waals surface area (Å²) >= 11 is 0. The fourth-order valence-corrected chi connectivity index (χ4v) is 4.74. The molecule has 0 radical (unpaired) electrons. The minimum absolute atomic E-state index is 0.104. The molecule has 0 saturated heterocycles. The summed E-state index contributed by atoms with van der Waals surface area (Å²) in [5, 5.41) is 27.8. The van der Waals surface area contributed by atoms with Gasteiger partial charge in [-0.1, -0.05) is 32.0 Å². The zero-order valence-electron chi connectivity index (χ0n) is 24.8. The summed E-state index contributed by atoms with van der Waals surface area (Å²) in [6.45, 7) is 8.37. The molecule has 0 aliphatic rings. The van der Waals surface area contributed by atoms with E-state index >= 15 is 0 Å². The zero-order chi connectivity index (χ0) is 32.2. The maximum atomic E-state index is 13.9. The lowest BCUT2D eigenvalue weighted by Gasteiger charge is -2.18. The van der Waals surface area contributed by atoms with Crippen molar-refractivity contribution < 1.29 is 19.3 Å². The highest BCUT2D eigenvalue weighted by Gasteiger charge is 2.22. The van der Waals surface area contributed by atoms with Crippen molar-refractivity contribution in [2.45, 2.75) is 33.6 Å². The van der Waals surface area contributed by atoms with Gasteiger partial charge in [-0.25, -0.2) is 9.97 Å². The van der Waals surface area contributed by atoms with Gasteiger partial charge in [0.1, 0.15) is 11.9 Å². The Morgan fingerprint density at radius 1 is 1.02 bits per heavy atom. The van der Waals surface area contributed by atoms with Crippen molar-refractivity contribution >= 4 is 28.5 Å². The number of hydrogen-bond donors (Lipinski definition) is 0. The molecule has 5 rings (SSSR count). The first-order chi connectivity index (χ1) is 21.6. The van der Waals surface area contributed by atoms with Crippen LogP contribution in [0.15, 0.2) is 82.8 Å². The Labute approximate surface area is 256 Å². The first kappa shape index (κ1) is 30.5. The van der Waals surface area contributed by atoms with Crippen LogP contribution in [0, 0.1) is 27.2 Å². The van der Waals surface area contributed by atoms with E-state index in [0.29, 0.717) is 23.1 Å². The molecule has 0 unspecified atom stereocenters. The first-order valence-corrected chi connectivity index (χ1v) is 14.0. The second-order valence-electron chi connectivity index (χ2n) is 10.3. The number of para-hydroxylation sites is 2. The molecule has 13 nitrogen and oxygen atoms in total. The van der Waals surface area contributed by atoms with Gasteiger partial charge in [-0.05, 0) is 61.2 Å². The van der Waals surface area contributed by atoms with Crippen molar-refractivity contribution in [2.24, 2.45) is 5.10 Å². The standard InChI is InChI=1S/C32H28N6O7/c1-5-44-28-15-20(4)25(16-24(28)19(2)3)31-35-26-11-7-6-10-23(26)32(39)36(31)34-17-21-9-8-12-27(38(42)43)30(21)45-29-14-13-22(18-33-29)37(40)41/h6-19H,5H2,1-4H3. The van der Waals surface area contributed by atoms with Crippen LogP contribution in [0.3, 0.4) is 0 Å². The second kappa shape index (κ2) is 12.7. The van der Waals surface area contributed by atoms with Crippen molar-refractivity contribution in [3.05, 3.63) is 120 Å². The molecule has 0 atom stereocenters. The van der Waals surface area contributed by atoms with Gasteiger partial charge in [0.2, 0.25) is 11.6 Å². The lowest BCUT2D eigenvalue weighted by atomic mass is 9.96. The lowest BCUT2D eigenvalue weighted by molar-refractivity contribution is -0.385. The minimum atomic E-state index is -0.635. The Bertz CT molecular complexity index is 2020. The van der Waals surface area contributed by atoms with Crippen LogP contribution in [0.25, 0.3) is 22.3 Å². The molecule has 5 aromatic rings. The molecular weight excluding hydrogens is 580 g/mol. The van der Waals surface area contributed by atoms with Crippen molar-refractivity contribution in [3.8, 4) is 28.8 Å². The van der Waals surface area contributed by atoms with Crippen molar-refractivity contribution in [1.82, 2.24) is 14.6 Å². The molecule has 228 valence electrons. The van der Waals surface area contributed by atoms with Gasteiger partial charge in [0.15, 0.2) is 5.82 Å². The van der Waals surface area contributed by atoms with Crippen LogP contribution in [0.2, 0.25) is 0 Å². The van der Waals surface area contributed by atoms with Gasteiger partial charge in [0.25, 0.3) is 11.2 Å². The number of hydrogen-bond acceptors (Lipinski definition) is 10. The Hall–Kier alpha value is -5.98. The summed E-state index contributed by atoms with van der Waals surface area (Å²) < 4.78 is 12.8. The molecule has 0 spiro atoms. The molecule has 2 heterocycles. The van der Waals surface area contributed by atoms with Crippen molar-refractivity contribution in [2.75, 3.05) is 6.61 Å². The number of fused-ring (bicyclic) bond motifs is 1. The maximum absolute atomic E-state index is 13.9. The highest BCUT2D eigenvalue weighted by atomic mass is 16.6. The average molecular weight is 609 g/mol. The van der Waals surface area contributed by atoms with Crippen LogP contribution < -0.4 is 15.0 Å². The van der Waals surface area contributed by atoms with E-state index in [-0.39, 0.29) is 34.6 Å². The van der Waals surface area contributed by atoms with E-state index in [1.54, 1.807) is 24.3 Å². The van der Waals surface area contributed by atoms with Crippen LogP contribution in [-0.2, 0) is 0 Å². The fourth-order valence-electron chi connectivity index (χ4n) is 4.74. The molecule has 0 fully saturated rings. The number of nitrogens with zero attached hydrogens (tertiary/aromatic N) is 6. The third-order valence-electron chi connectivity index (χ3n) is 6.95. The highest BCUT2D eigenvalue weighted by Crippen LogP contribution is 2.36. The van der Waals surface area contributed by atoms with Gasteiger partial charge in [-0.3, -0.25) is 25.0 Å². The van der Waals surface area contributed by atoms with Gasteiger partial charge in [0.05, 0.1) is 33.6 Å². The van der Waals surface area contributed by atoms with Crippen LogP contribution in [0.4, 0.5) is 11.4 Å². The third-order valence-corrected chi connectivity index (χ3v) is 6.95. The third kappa shape index (κ3) is 6.22. The van der Waals surface area contributed by atoms with E-state index in [9.17, 15) is 25.0 Å². The second-order valence-corrected chi connectivity index (χ2v) is 10.3. The number of nitro groups is 2. The van der Waals surface area contributed by atoms with E-state index in [4.69, 9.17) is 14.5 Å². The van der Waals surface area contributed by atoms with E-state index in [1.807, 2.05) is 39.8 Å². The Morgan fingerprint density at radius 3 is 2.47 bits per heavy atom. The Balaban J connectivity index is 1.69. The average Bonchev–Trinajstić information content (AvgIpc) is 3.01. The quantitative estimate of drug-likeness (QED) is 0.0943. The SMILES string of the molecule is CCOc1cc(C)c(-c2nc3ccccc3c(=O)n2N=Cc2cccc([N+](=O)[O-])c2Oc2ccc([N+](=O)[O-])cn2)cc1C(C)C. The van der Waals surface area contributed by atoms with Gasteiger partial charge < -0.3 is 9.47 Å². The number of ether oxygens (including phenoxy) is 2. The molecule has 0 saturated carbocycles. The number of nitro benzene ring substituents is 1. The molecule has 0 aliphatic carbocycles. The predicted octanol–water partition coefficient (Wildman–Crippen LogP) is 6.78. The summed E-state index contributed by atoms with van der Waals surface area (Å²) in [4.78, 5) is 44.3. The van der Waals surface area contributed by atoms with E-state index in [1.165, 1.54) is 36.5 Å². The van der Waals surface area contributed by atoms with E-state index in [2.05, 4.69) is 10.1 Å². The fraction of sp³-hybridized carbons (Fsp3) is 0.188. The number of aromatic nitrogens is 3. The monoisotopic (exact) mass is 608 g/mol. The van der Waals surface area contributed by atoms with Gasteiger partial charge in [-0.15, -0.1) is 0 Å². The van der Waals surface area contributed by atoms with E-state index in [0.717, 1.165) is 27.7 Å². The van der Waals surface area contributed by atoms with E-state index < -0.39 is 21.1 Å². The van der Waals surface area contributed by atoms with Gasteiger partial charge in [-0.2, -0.15) is 9.78 Å². The lowest BCUT2D eigenvalue weighted by Crippen LogP contribution is -2.21. The molecule has 45 heavy (non-hydrogen) atoms. The summed E-state index contributed by atoms with van der Waals surface area (Å²) in [5.41, 5.74) is 1.91. The van der Waals surface area contributed by atoms with Gasteiger partial charge in [0, 0.05) is 29.3 Å². The summed E-state index contributed by atoms with van der Waals surface area (Å²) in [5.74, 6) is 0.788. The first-order valence-electron chi connectivity index (χ1n) is 14.0. The van der Waals surface area contributed by atoms with Crippen LogP contribution >= 0.6 is 0 Å². The Morgan fingerprint density at radius 2 is 1.80 bits per heavy atom. The predicted molar refractivity (Wildman–Crippen MR) is 168 cm³/mol. The largest absolute Gasteiger partial charge is 0.494 e. The number of aryl methyl sites for hydroxylation is 1. The molecule has 3 aromatic carbocycles. The topological polar surface area (TPSA) is 165 Å². The van der Waals surface area contributed by atoms with Crippen molar-refractivity contribution in [3.63, 3.8) is 0 Å². The minimum Gasteiger partial charge on any atom is -0.494 e. The molecule has 2 aromatic heterocycles. The maximum Gasteiger partial charge on any atom is 0.312 e. The van der Waals surface area contributed by atoms with Crippen LogP contribution in [0.1, 0.15) is 43.4 Å². The number of rotatable bonds is 10. The van der Waals surface area contributed by atoms with Crippen LogP contribution in [0.5, 0.6) is 17.4 Å². The smallest absolute Gasteiger partial charge is 0.312 e.